The molecule has 1 saturated carbocycles. The summed E-state index contributed by atoms with van der Waals surface area (Å²) in [5.74, 6) is 0.489. The first kappa shape index (κ1) is 14.6. The zero-order chi connectivity index (χ0) is 13.1. The maximum atomic E-state index is 10.1. The summed E-state index contributed by atoms with van der Waals surface area (Å²) in [6, 6.07) is 0.483. The van der Waals surface area contributed by atoms with Crippen molar-refractivity contribution in [2.45, 2.75) is 50.0 Å². The van der Waals surface area contributed by atoms with Gasteiger partial charge in [0.05, 0.1) is 18.8 Å². The van der Waals surface area contributed by atoms with E-state index in [1.165, 1.54) is 0 Å². The quantitative estimate of drug-likeness (QED) is 0.794. The van der Waals surface area contributed by atoms with Crippen molar-refractivity contribution in [2.24, 2.45) is 0 Å². The molecule has 5 heteroatoms. The second-order valence-corrected chi connectivity index (χ2v) is 6.56. The Balaban J connectivity index is 1.70. The SMILES string of the molecule is CSCC(C)(O)CNC1CCC2(CC1)OCCO2. The van der Waals surface area contributed by atoms with E-state index in [1.807, 2.05) is 13.2 Å². The molecule has 1 aliphatic heterocycles. The average Bonchev–Trinajstić information content (AvgIpc) is 2.77. The third kappa shape index (κ3) is 3.84. The summed E-state index contributed by atoms with van der Waals surface area (Å²) >= 11 is 1.68. The molecule has 1 aliphatic carbocycles. The molecule has 4 nitrogen and oxygen atoms in total. The molecule has 0 amide bonds. The van der Waals surface area contributed by atoms with Crippen molar-refractivity contribution >= 4 is 11.8 Å². The van der Waals surface area contributed by atoms with E-state index >= 15 is 0 Å². The van der Waals surface area contributed by atoms with Gasteiger partial charge in [0, 0.05) is 31.2 Å². The minimum Gasteiger partial charge on any atom is -0.388 e. The van der Waals surface area contributed by atoms with Gasteiger partial charge in [-0.15, -0.1) is 0 Å². The molecule has 2 N–H and O–H groups in total. The van der Waals surface area contributed by atoms with Gasteiger partial charge >= 0.3 is 0 Å². The largest absolute Gasteiger partial charge is 0.388 e. The Kier molecular flexibility index (Phi) is 4.94. The lowest BCUT2D eigenvalue weighted by molar-refractivity contribution is -0.179. The van der Waals surface area contributed by atoms with Crippen LogP contribution >= 0.6 is 11.8 Å². The van der Waals surface area contributed by atoms with Crippen LogP contribution in [0.5, 0.6) is 0 Å². The Bertz CT molecular complexity index is 257. The van der Waals surface area contributed by atoms with Gasteiger partial charge in [0.1, 0.15) is 0 Å². The van der Waals surface area contributed by atoms with Gasteiger partial charge in [0.15, 0.2) is 5.79 Å². The highest BCUT2D eigenvalue weighted by molar-refractivity contribution is 7.98. The number of thioether (sulfide) groups is 1. The number of aliphatic hydroxyl groups is 1. The number of hydrogen-bond donors (Lipinski definition) is 2. The van der Waals surface area contributed by atoms with Gasteiger partial charge in [-0.05, 0) is 26.0 Å². The van der Waals surface area contributed by atoms with Crippen molar-refractivity contribution in [2.75, 3.05) is 31.8 Å². The van der Waals surface area contributed by atoms with Crippen molar-refractivity contribution < 1.29 is 14.6 Å². The molecule has 18 heavy (non-hydrogen) atoms. The highest BCUT2D eigenvalue weighted by Gasteiger charge is 2.40. The molecular weight excluding hydrogens is 250 g/mol. The van der Waals surface area contributed by atoms with Crippen molar-refractivity contribution in [3.63, 3.8) is 0 Å². The molecule has 106 valence electrons. The van der Waals surface area contributed by atoms with Crippen LogP contribution in [0.2, 0.25) is 0 Å². The molecule has 1 heterocycles. The van der Waals surface area contributed by atoms with Crippen molar-refractivity contribution in [1.82, 2.24) is 5.32 Å². The molecule has 1 spiro atoms. The molecular formula is C13H25NO3S. The van der Waals surface area contributed by atoms with E-state index in [0.29, 0.717) is 12.6 Å². The number of nitrogens with one attached hydrogen (secondary N) is 1. The molecule has 0 aromatic heterocycles. The van der Waals surface area contributed by atoms with E-state index in [4.69, 9.17) is 9.47 Å². The first-order chi connectivity index (χ1) is 8.55. The molecule has 0 aromatic rings. The molecule has 0 bridgehead atoms. The summed E-state index contributed by atoms with van der Waals surface area (Å²) < 4.78 is 11.4. The van der Waals surface area contributed by atoms with Crippen LogP contribution in [0, 0.1) is 0 Å². The van der Waals surface area contributed by atoms with Gasteiger partial charge in [-0.3, -0.25) is 0 Å². The Hall–Kier alpha value is 0.190. The highest BCUT2D eigenvalue weighted by Crippen LogP contribution is 2.35. The van der Waals surface area contributed by atoms with Crippen LogP contribution in [0.4, 0.5) is 0 Å². The Morgan fingerprint density at radius 2 is 1.94 bits per heavy atom. The summed E-state index contributed by atoms with van der Waals surface area (Å²) in [6.07, 6.45) is 6.09. The van der Waals surface area contributed by atoms with E-state index in [0.717, 1.165) is 44.6 Å². The molecule has 2 fully saturated rings. The zero-order valence-electron chi connectivity index (χ0n) is 11.4. The van der Waals surface area contributed by atoms with Crippen LogP contribution in [0.1, 0.15) is 32.6 Å². The first-order valence-electron chi connectivity index (χ1n) is 6.78. The van der Waals surface area contributed by atoms with E-state index in [2.05, 4.69) is 5.32 Å². The first-order valence-corrected chi connectivity index (χ1v) is 8.17. The molecule has 2 aliphatic rings. The minimum atomic E-state index is -0.616. The van der Waals surface area contributed by atoms with Gasteiger partial charge in [-0.2, -0.15) is 11.8 Å². The molecule has 1 atom stereocenters. The molecule has 1 saturated heterocycles. The lowest BCUT2D eigenvalue weighted by Crippen LogP contribution is -2.47. The lowest BCUT2D eigenvalue weighted by Gasteiger charge is -2.36. The summed E-state index contributed by atoms with van der Waals surface area (Å²) in [7, 11) is 0. The Morgan fingerprint density at radius 1 is 1.33 bits per heavy atom. The summed E-state index contributed by atoms with van der Waals surface area (Å²) in [5.41, 5.74) is -0.616. The van der Waals surface area contributed by atoms with Crippen LogP contribution in [0.25, 0.3) is 0 Å². The molecule has 0 aromatic carbocycles. The van der Waals surface area contributed by atoms with Crippen LogP contribution in [0.3, 0.4) is 0 Å². The van der Waals surface area contributed by atoms with Gasteiger partial charge in [-0.1, -0.05) is 0 Å². The third-order valence-corrected chi connectivity index (χ3v) is 4.70. The van der Waals surface area contributed by atoms with Crippen LogP contribution in [-0.4, -0.2) is 54.3 Å². The normalized spacial score (nSPS) is 27.5. The van der Waals surface area contributed by atoms with Gasteiger partial charge in [0.2, 0.25) is 0 Å². The lowest BCUT2D eigenvalue weighted by atomic mass is 9.89. The van der Waals surface area contributed by atoms with Crippen molar-refractivity contribution in [1.29, 1.82) is 0 Å². The predicted octanol–water partition coefficient (Wildman–Crippen LogP) is 1.38. The summed E-state index contributed by atoms with van der Waals surface area (Å²) in [5, 5.41) is 13.6. The van der Waals surface area contributed by atoms with E-state index in [1.54, 1.807) is 11.8 Å². The zero-order valence-corrected chi connectivity index (χ0v) is 12.2. The third-order valence-electron chi connectivity index (χ3n) is 3.79. The van der Waals surface area contributed by atoms with Crippen LogP contribution in [-0.2, 0) is 9.47 Å². The monoisotopic (exact) mass is 275 g/mol. The highest BCUT2D eigenvalue weighted by atomic mass is 32.2. The Labute approximate surface area is 114 Å². The van der Waals surface area contributed by atoms with E-state index in [9.17, 15) is 5.11 Å². The van der Waals surface area contributed by atoms with Crippen LogP contribution in [0.15, 0.2) is 0 Å². The average molecular weight is 275 g/mol. The topological polar surface area (TPSA) is 50.7 Å². The number of ether oxygens (including phenoxy) is 2. The minimum absolute atomic E-state index is 0.278. The Morgan fingerprint density at radius 3 is 2.50 bits per heavy atom. The predicted molar refractivity (Wildman–Crippen MR) is 73.9 cm³/mol. The fourth-order valence-corrected chi connectivity index (χ4v) is 3.50. The van der Waals surface area contributed by atoms with E-state index < -0.39 is 5.60 Å². The standard InChI is InChI=1S/C13H25NO3S/c1-12(15,10-18-2)9-14-11-3-5-13(6-4-11)16-7-8-17-13/h11,14-15H,3-10H2,1-2H3. The van der Waals surface area contributed by atoms with Gasteiger partial charge in [-0.25, -0.2) is 0 Å². The van der Waals surface area contributed by atoms with Crippen molar-refractivity contribution in [3.05, 3.63) is 0 Å². The second-order valence-electron chi connectivity index (χ2n) is 5.69. The second kappa shape index (κ2) is 6.09. The molecule has 2 rings (SSSR count). The maximum Gasteiger partial charge on any atom is 0.168 e. The number of rotatable bonds is 5. The molecule has 0 radical (unpaired) electrons. The van der Waals surface area contributed by atoms with Crippen LogP contribution < -0.4 is 5.32 Å². The van der Waals surface area contributed by atoms with Crippen molar-refractivity contribution in [3.8, 4) is 0 Å². The van der Waals surface area contributed by atoms with E-state index in [-0.39, 0.29) is 5.79 Å². The van der Waals surface area contributed by atoms with Gasteiger partial charge < -0.3 is 19.9 Å². The molecule has 1 unspecified atom stereocenters. The van der Waals surface area contributed by atoms with Gasteiger partial charge in [0.25, 0.3) is 0 Å². The number of hydrogen-bond acceptors (Lipinski definition) is 5. The fraction of sp³-hybridized carbons (Fsp3) is 1.00. The smallest absolute Gasteiger partial charge is 0.168 e. The fourth-order valence-electron chi connectivity index (χ4n) is 2.77. The summed E-state index contributed by atoms with van der Waals surface area (Å²) in [6.45, 7) is 4.03. The summed E-state index contributed by atoms with van der Waals surface area (Å²) in [4.78, 5) is 0. The maximum absolute atomic E-state index is 10.1.